The molecule has 1 saturated carbocycles. The predicted molar refractivity (Wildman–Crippen MR) is 128 cm³/mol. The van der Waals surface area contributed by atoms with Crippen molar-refractivity contribution in [2.45, 2.75) is 31.3 Å². The second kappa shape index (κ2) is 9.35. The fourth-order valence-electron chi connectivity index (χ4n) is 3.87. The van der Waals surface area contributed by atoms with Gasteiger partial charge in [-0.25, -0.2) is 4.98 Å². The molecule has 2 N–H and O–H groups in total. The molecule has 2 aromatic carbocycles. The molecule has 1 aromatic heterocycles. The van der Waals surface area contributed by atoms with E-state index >= 15 is 0 Å². The summed E-state index contributed by atoms with van der Waals surface area (Å²) in [6.45, 7) is 0. The Bertz CT molecular complexity index is 1090. The summed E-state index contributed by atoms with van der Waals surface area (Å²) in [5.74, 6) is 0.589. The van der Waals surface area contributed by atoms with E-state index in [2.05, 4.69) is 15.2 Å². The standard InChI is InChI=1S/C23H19Cl4N3O/c24-18-6-4-14(20(26)10-18)8-16-2-1-3-17(9-15-5-7-19(25)11-21(15)27)23(16,31)12-22-28-13-29-30-22/h4-11,13,31H,1-3,12H2,(H,28,29,30). The molecule has 4 rings (SSSR count). The molecule has 160 valence electrons. The normalized spacial score (nSPS) is 21.7. The topological polar surface area (TPSA) is 61.8 Å². The lowest BCUT2D eigenvalue weighted by Gasteiger charge is -2.37. The van der Waals surface area contributed by atoms with Gasteiger partial charge in [0.1, 0.15) is 17.8 Å². The Morgan fingerprint density at radius 2 is 1.45 bits per heavy atom. The van der Waals surface area contributed by atoms with Crippen LogP contribution in [0.25, 0.3) is 12.2 Å². The van der Waals surface area contributed by atoms with Crippen LogP contribution in [-0.4, -0.2) is 25.9 Å². The summed E-state index contributed by atoms with van der Waals surface area (Å²) < 4.78 is 0. The van der Waals surface area contributed by atoms with Crippen molar-refractivity contribution < 1.29 is 5.11 Å². The monoisotopic (exact) mass is 493 g/mol. The highest BCUT2D eigenvalue weighted by Crippen LogP contribution is 2.43. The van der Waals surface area contributed by atoms with Crippen molar-refractivity contribution in [3.63, 3.8) is 0 Å². The maximum atomic E-state index is 12.0. The van der Waals surface area contributed by atoms with Crippen LogP contribution in [0.3, 0.4) is 0 Å². The van der Waals surface area contributed by atoms with Gasteiger partial charge in [-0.3, -0.25) is 5.10 Å². The number of benzene rings is 2. The summed E-state index contributed by atoms with van der Waals surface area (Å²) in [5.41, 5.74) is 2.00. The van der Waals surface area contributed by atoms with Gasteiger partial charge < -0.3 is 5.11 Å². The third-order valence-electron chi connectivity index (χ3n) is 5.43. The van der Waals surface area contributed by atoms with E-state index in [9.17, 15) is 5.11 Å². The summed E-state index contributed by atoms with van der Waals surface area (Å²) in [5, 5.41) is 21.0. The Morgan fingerprint density at radius 1 is 0.903 bits per heavy atom. The quantitative estimate of drug-likeness (QED) is 0.408. The summed E-state index contributed by atoms with van der Waals surface area (Å²) in [6.07, 6.45) is 7.87. The van der Waals surface area contributed by atoms with E-state index in [-0.39, 0.29) is 6.42 Å². The lowest BCUT2D eigenvalue weighted by atomic mass is 9.72. The average molecular weight is 495 g/mol. The molecule has 3 aromatic rings. The number of H-pyrrole nitrogens is 1. The van der Waals surface area contributed by atoms with E-state index in [1.54, 1.807) is 24.3 Å². The van der Waals surface area contributed by atoms with Crippen LogP contribution in [0.15, 0.2) is 53.9 Å². The van der Waals surface area contributed by atoms with Crippen molar-refractivity contribution in [3.05, 3.63) is 90.9 Å². The highest BCUT2D eigenvalue weighted by molar-refractivity contribution is 6.36. The van der Waals surface area contributed by atoms with Crippen LogP contribution in [-0.2, 0) is 6.42 Å². The smallest absolute Gasteiger partial charge is 0.137 e. The van der Waals surface area contributed by atoms with Gasteiger partial charge in [0.15, 0.2) is 0 Å². The second-order valence-corrected chi connectivity index (χ2v) is 9.18. The molecule has 8 heteroatoms. The Morgan fingerprint density at radius 3 is 1.90 bits per heavy atom. The first kappa shape index (κ1) is 22.4. The van der Waals surface area contributed by atoms with E-state index in [0.717, 1.165) is 41.5 Å². The minimum atomic E-state index is -1.27. The van der Waals surface area contributed by atoms with E-state index < -0.39 is 5.60 Å². The van der Waals surface area contributed by atoms with Crippen LogP contribution in [0, 0.1) is 0 Å². The van der Waals surface area contributed by atoms with E-state index in [1.165, 1.54) is 6.33 Å². The molecule has 31 heavy (non-hydrogen) atoms. The molecule has 4 nitrogen and oxygen atoms in total. The fourth-order valence-corrected chi connectivity index (χ4v) is 4.80. The summed E-state index contributed by atoms with van der Waals surface area (Å²) in [7, 11) is 0. The number of aliphatic hydroxyl groups is 1. The lowest BCUT2D eigenvalue weighted by molar-refractivity contribution is 0.101. The maximum absolute atomic E-state index is 12.0. The zero-order valence-corrected chi connectivity index (χ0v) is 19.4. The van der Waals surface area contributed by atoms with Crippen LogP contribution in [0.5, 0.6) is 0 Å². The van der Waals surface area contributed by atoms with Gasteiger partial charge in [-0.05, 0) is 65.8 Å². The van der Waals surface area contributed by atoms with Gasteiger partial charge in [-0.15, -0.1) is 0 Å². The minimum Gasteiger partial charge on any atom is -0.381 e. The largest absolute Gasteiger partial charge is 0.381 e. The third kappa shape index (κ3) is 5.00. The molecular formula is C23H19Cl4N3O. The molecule has 1 aliphatic carbocycles. The Hall–Kier alpha value is -1.82. The number of hydrogen-bond donors (Lipinski definition) is 2. The molecule has 1 aliphatic rings. The SMILES string of the molecule is OC1(Cc2ncn[nH]2)C(=Cc2ccc(Cl)cc2Cl)CCCC1=Cc1ccc(Cl)cc1Cl. The van der Waals surface area contributed by atoms with Gasteiger partial charge in [-0.1, -0.05) is 70.7 Å². The number of rotatable bonds is 4. The summed E-state index contributed by atoms with van der Waals surface area (Å²) >= 11 is 24.9. The molecule has 0 saturated heterocycles. The number of hydrogen-bond acceptors (Lipinski definition) is 3. The lowest BCUT2D eigenvalue weighted by Crippen LogP contribution is -2.39. The number of aromatic amines is 1. The zero-order chi connectivity index (χ0) is 22.0. The Kier molecular flexibility index (Phi) is 6.75. The molecule has 0 amide bonds. The first-order valence-corrected chi connectivity index (χ1v) is 11.2. The van der Waals surface area contributed by atoms with Crippen LogP contribution >= 0.6 is 46.4 Å². The first-order valence-electron chi connectivity index (χ1n) is 9.74. The number of halogens is 4. The number of nitrogens with one attached hydrogen (secondary N) is 1. The van der Waals surface area contributed by atoms with Crippen molar-refractivity contribution in [2.75, 3.05) is 0 Å². The predicted octanol–water partition coefficient (Wildman–Crippen LogP) is 7.04. The molecular weight excluding hydrogens is 476 g/mol. The van der Waals surface area contributed by atoms with Gasteiger partial charge in [0, 0.05) is 26.5 Å². The highest BCUT2D eigenvalue weighted by atomic mass is 35.5. The second-order valence-electron chi connectivity index (χ2n) is 7.49. The van der Waals surface area contributed by atoms with Crippen LogP contribution in [0.2, 0.25) is 20.1 Å². The van der Waals surface area contributed by atoms with Crippen molar-refractivity contribution in [1.29, 1.82) is 0 Å². The van der Waals surface area contributed by atoms with Gasteiger partial charge in [0.05, 0.1) is 0 Å². The van der Waals surface area contributed by atoms with Crippen molar-refractivity contribution in [1.82, 2.24) is 15.2 Å². The number of aromatic nitrogens is 3. The van der Waals surface area contributed by atoms with Crippen LogP contribution in [0.1, 0.15) is 36.2 Å². The molecule has 1 heterocycles. The van der Waals surface area contributed by atoms with E-state index in [1.807, 2.05) is 24.3 Å². The van der Waals surface area contributed by atoms with Gasteiger partial charge in [0.2, 0.25) is 0 Å². The third-order valence-corrected chi connectivity index (χ3v) is 6.55. The van der Waals surface area contributed by atoms with Crippen molar-refractivity contribution >= 4 is 58.6 Å². The highest BCUT2D eigenvalue weighted by Gasteiger charge is 2.39. The molecule has 0 unspecified atom stereocenters. The molecule has 0 spiro atoms. The van der Waals surface area contributed by atoms with Gasteiger partial charge in [0.25, 0.3) is 0 Å². The van der Waals surface area contributed by atoms with Crippen LogP contribution in [0.4, 0.5) is 0 Å². The first-order chi connectivity index (χ1) is 14.8. The van der Waals surface area contributed by atoms with Crippen molar-refractivity contribution in [2.24, 2.45) is 0 Å². The number of nitrogens with zero attached hydrogens (tertiary/aromatic N) is 2. The van der Waals surface area contributed by atoms with Crippen LogP contribution < -0.4 is 0 Å². The minimum absolute atomic E-state index is 0.251. The average Bonchev–Trinajstić information content (AvgIpc) is 3.21. The molecule has 1 fully saturated rings. The van der Waals surface area contributed by atoms with E-state index in [0.29, 0.717) is 25.9 Å². The summed E-state index contributed by atoms with van der Waals surface area (Å²) in [6, 6.07) is 10.6. The Balaban J connectivity index is 1.82. The van der Waals surface area contributed by atoms with Gasteiger partial charge in [-0.2, -0.15) is 5.10 Å². The Labute approximate surface area is 200 Å². The van der Waals surface area contributed by atoms with E-state index in [4.69, 9.17) is 46.4 Å². The zero-order valence-electron chi connectivity index (χ0n) is 16.4. The molecule has 0 radical (unpaired) electrons. The fraction of sp³-hybridized carbons (Fsp3) is 0.217. The summed E-state index contributed by atoms with van der Waals surface area (Å²) in [4.78, 5) is 4.23. The van der Waals surface area contributed by atoms with Gasteiger partial charge >= 0.3 is 0 Å². The molecule has 0 bridgehead atoms. The van der Waals surface area contributed by atoms with Crippen molar-refractivity contribution in [3.8, 4) is 0 Å². The molecule has 0 aliphatic heterocycles. The molecule has 0 atom stereocenters. The maximum Gasteiger partial charge on any atom is 0.137 e.